The van der Waals surface area contributed by atoms with Crippen molar-refractivity contribution in [2.45, 2.75) is 6.42 Å². The number of rotatable bonds is 4. The molecule has 3 amide bonds. The van der Waals surface area contributed by atoms with E-state index in [1.54, 1.807) is 36.4 Å². The molecule has 0 atom stereocenters. The van der Waals surface area contributed by atoms with Gasteiger partial charge in [0.2, 0.25) is 5.91 Å². The molecule has 0 aromatic heterocycles. The number of imide groups is 1. The first-order chi connectivity index (χ1) is 11.6. The Balaban J connectivity index is 1.72. The molecule has 1 heterocycles. The predicted octanol–water partition coefficient (Wildman–Crippen LogP) is 2.21. The van der Waals surface area contributed by atoms with Crippen LogP contribution in [0, 0.1) is 11.3 Å². The molecule has 0 aliphatic carbocycles. The van der Waals surface area contributed by atoms with Gasteiger partial charge in [-0.15, -0.1) is 0 Å². The fraction of sp³-hybridized carbons (Fsp3) is 0.0588. The third-order valence-corrected chi connectivity index (χ3v) is 3.32. The van der Waals surface area contributed by atoms with Gasteiger partial charge < -0.3 is 10.1 Å². The molecule has 0 bridgehead atoms. The van der Waals surface area contributed by atoms with Gasteiger partial charge in [-0.1, -0.05) is 0 Å². The average molecular weight is 321 g/mol. The maximum atomic E-state index is 11.6. The van der Waals surface area contributed by atoms with E-state index in [1.807, 2.05) is 0 Å². The zero-order valence-electron chi connectivity index (χ0n) is 12.3. The van der Waals surface area contributed by atoms with Gasteiger partial charge in [-0.05, 0) is 42.5 Å². The lowest BCUT2D eigenvalue weighted by atomic mass is 10.1. The number of ether oxygens (including phenoxy) is 1. The van der Waals surface area contributed by atoms with E-state index in [2.05, 4.69) is 10.6 Å². The molecule has 0 radical (unpaired) electrons. The van der Waals surface area contributed by atoms with Gasteiger partial charge >= 0.3 is 0 Å². The zero-order valence-corrected chi connectivity index (χ0v) is 12.3. The standard InChI is InChI=1S/C17H11N3O4/c18-8-7-15(21)19-10-1-3-11(4-2-10)24-12-5-6-13-14(9-12)17(23)20-16(13)22/h1-6,9H,7H2,(H,19,21)(H,20,22,23). The molecule has 0 unspecified atom stereocenters. The van der Waals surface area contributed by atoms with Gasteiger partial charge in [0, 0.05) is 5.69 Å². The summed E-state index contributed by atoms with van der Waals surface area (Å²) in [6, 6.07) is 12.9. The second-order valence-corrected chi connectivity index (χ2v) is 5.00. The van der Waals surface area contributed by atoms with Crippen LogP contribution in [0.4, 0.5) is 5.69 Å². The highest BCUT2D eigenvalue weighted by Gasteiger charge is 2.26. The molecule has 7 heteroatoms. The van der Waals surface area contributed by atoms with E-state index in [4.69, 9.17) is 10.00 Å². The van der Waals surface area contributed by atoms with Crippen LogP contribution in [0.1, 0.15) is 27.1 Å². The van der Waals surface area contributed by atoms with Gasteiger partial charge in [0.1, 0.15) is 17.9 Å². The summed E-state index contributed by atoms with van der Waals surface area (Å²) in [4.78, 5) is 34.4. The van der Waals surface area contributed by atoms with Crippen molar-refractivity contribution in [3.8, 4) is 17.6 Å². The molecule has 118 valence electrons. The first-order valence-corrected chi connectivity index (χ1v) is 7.01. The number of carbonyl (C=O) groups excluding carboxylic acids is 3. The largest absolute Gasteiger partial charge is 0.457 e. The second-order valence-electron chi connectivity index (χ2n) is 5.00. The molecule has 1 aliphatic rings. The summed E-state index contributed by atoms with van der Waals surface area (Å²) < 4.78 is 5.64. The third kappa shape index (κ3) is 3.08. The lowest BCUT2D eigenvalue weighted by Crippen LogP contribution is -2.19. The van der Waals surface area contributed by atoms with Gasteiger partial charge in [-0.2, -0.15) is 5.26 Å². The van der Waals surface area contributed by atoms with E-state index < -0.39 is 11.8 Å². The molecule has 24 heavy (non-hydrogen) atoms. The van der Waals surface area contributed by atoms with Gasteiger partial charge in [-0.3, -0.25) is 19.7 Å². The Hall–Kier alpha value is -3.66. The van der Waals surface area contributed by atoms with E-state index in [9.17, 15) is 14.4 Å². The highest BCUT2D eigenvalue weighted by atomic mass is 16.5. The molecule has 7 nitrogen and oxygen atoms in total. The first kappa shape index (κ1) is 15.2. The Bertz CT molecular complexity index is 882. The van der Waals surface area contributed by atoms with Crippen molar-refractivity contribution in [1.82, 2.24) is 5.32 Å². The lowest BCUT2D eigenvalue weighted by molar-refractivity contribution is -0.115. The van der Waals surface area contributed by atoms with Crippen LogP contribution < -0.4 is 15.4 Å². The maximum Gasteiger partial charge on any atom is 0.259 e. The van der Waals surface area contributed by atoms with Crippen LogP contribution in [-0.4, -0.2) is 17.7 Å². The molecular weight excluding hydrogens is 310 g/mol. The van der Waals surface area contributed by atoms with E-state index in [0.717, 1.165) is 0 Å². The zero-order chi connectivity index (χ0) is 17.1. The van der Waals surface area contributed by atoms with Crippen molar-refractivity contribution in [3.05, 3.63) is 53.6 Å². The van der Waals surface area contributed by atoms with Crippen LogP contribution in [0.2, 0.25) is 0 Å². The second kappa shape index (κ2) is 6.22. The van der Waals surface area contributed by atoms with Crippen molar-refractivity contribution in [1.29, 1.82) is 5.26 Å². The van der Waals surface area contributed by atoms with E-state index in [0.29, 0.717) is 22.7 Å². The van der Waals surface area contributed by atoms with Crippen LogP contribution in [0.5, 0.6) is 11.5 Å². The quantitative estimate of drug-likeness (QED) is 0.839. The Morgan fingerprint density at radius 3 is 2.42 bits per heavy atom. The molecule has 0 fully saturated rings. The highest BCUT2D eigenvalue weighted by Crippen LogP contribution is 2.27. The third-order valence-electron chi connectivity index (χ3n) is 3.32. The summed E-state index contributed by atoms with van der Waals surface area (Å²) in [5, 5.41) is 13.2. The summed E-state index contributed by atoms with van der Waals surface area (Å²) in [7, 11) is 0. The van der Waals surface area contributed by atoms with Crippen LogP contribution in [-0.2, 0) is 4.79 Å². The molecule has 2 aromatic rings. The molecule has 0 saturated carbocycles. The average Bonchev–Trinajstić information content (AvgIpc) is 2.84. The topological polar surface area (TPSA) is 108 Å². The Morgan fingerprint density at radius 1 is 1.04 bits per heavy atom. The number of anilines is 1. The lowest BCUT2D eigenvalue weighted by Gasteiger charge is -2.08. The summed E-state index contributed by atoms with van der Waals surface area (Å²) in [5.74, 6) is -0.340. The van der Waals surface area contributed by atoms with Crippen molar-refractivity contribution < 1.29 is 19.1 Å². The minimum absolute atomic E-state index is 0.214. The molecule has 2 N–H and O–H groups in total. The Morgan fingerprint density at radius 2 is 1.71 bits per heavy atom. The number of benzene rings is 2. The fourth-order valence-electron chi connectivity index (χ4n) is 2.23. The number of fused-ring (bicyclic) bond motifs is 1. The summed E-state index contributed by atoms with van der Waals surface area (Å²) in [6.45, 7) is 0. The Kier molecular flexibility index (Phi) is 3.95. The minimum atomic E-state index is -0.448. The van der Waals surface area contributed by atoms with Crippen LogP contribution >= 0.6 is 0 Å². The van der Waals surface area contributed by atoms with Crippen LogP contribution in [0.25, 0.3) is 0 Å². The molecular formula is C17H11N3O4. The van der Waals surface area contributed by atoms with E-state index in [-0.39, 0.29) is 17.9 Å². The maximum absolute atomic E-state index is 11.6. The normalized spacial score (nSPS) is 12.1. The number of nitriles is 1. The summed E-state index contributed by atoms with van der Waals surface area (Å²) in [5.41, 5.74) is 1.14. The Labute approximate surface area is 136 Å². The number of hydrogen-bond acceptors (Lipinski definition) is 5. The number of hydrogen-bond donors (Lipinski definition) is 2. The van der Waals surface area contributed by atoms with E-state index in [1.165, 1.54) is 12.1 Å². The SMILES string of the molecule is N#CCC(=O)Nc1ccc(Oc2ccc3c(c2)C(=O)NC3=O)cc1. The number of nitrogens with zero attached hydrogens (tertiary/aromatic N) is 1. The smallest absolute Gasteiger partial charge is 0.259 e. The number of carbonyl (C=O) groups is 3. The summed E-state index contributed by atoms with van der Waals surface area (Å²) >= 11 is 0. The van der Waals surface area contributed by atoms with Gasteiger partial charge in [-0.25, -0.2) is 0 Å². The van der Waals surface area contributed by atoms with Gasteiger partial charge in [0.05, 0.1) is 17.2 Å². The minimum Gasteiger partial charge on any atom is -0.457 e. The van der Waals surface area contributed by atoms with Gasteiger partial charge in [0.25, 0.3) is 11.8 Å². The predicted molar refractivity (Wildman–Crippen MR) is 83.6 cm³/mol. The monoisotopic (exact) mass is 321 g/mol. The number of nitrogens with one attached hydrogen (secondary N) is 2. The fourth-order valence-corrected chi connectivity index (χ4v) is 2.23. The van der Waals surface area contributed by atoms with Crippen molar-refractivity contribution in [2.24, 2.45) is 0 Å². The molecule has 0 spiro atoms. The van der Waals surface area contributed by atoms with Gasteiger partial charge in [0.15, 0.2) is 0 Å². The van der Waals surface area contributed by atoms with Crippen LogP contribution in [0.3, 0.4) is 0 Å². The van der Waals surface area contributed by atoms with Crippen LogP contribution in [0.15, 0.2) is 42.5 Å². The first-order valence-electron chi connectivity index (χ1n) is 7.01. The molecule has 2 aromatic carbocycles. The van der Waals surface area contributed by atoms with Crippen molar-refractivity contribution in [3.63, 3.8) is 0 Å². The van der Waals surface area contributed by atoms with Crippen molar-refractivity contribution >= 4 is 23.4 Å². The molecule has 1 aliphatic heterocycles. The van der Waals surface area contributed by atoms with Crippen molar-refractivity contribution in [2.75, 3.05) is 5.32 Å². The molecule has 0 saturated heterocycles. The molecule has 3 rings (SSSR count). The van der Waals surface area contributed by atoms with E-state index >= 15 is 0 Å². The summed E-state index contributed by atoms with van der Waals surface area (Å²) in [6.07, 6.45) is -0.214. The number of amides is 3. The highest BCUT2D eigenvalue weighted by molar-refractivity contribution is 6.21.